The Labute approximate surface area is 176 Å². The average molecular weight is 425 g/mol. The molecule has 0 aliphatic rings. The lowest BCUT2D eigenvalue weighted by Crippen LogP contribution is -2.28. The molecule has 0 unspecified atom stereocenters. The van der Waals surface area contributed by atoms with Gasteiger partial charge in [-0.05, 0) is 67.9 Å². The molecule has 0 spiro atoms. The molecule has 0 heterocycles. The number of carbonyl (C=O) groups excluding carboxylic acids is 1. The first-order valence-corrected chi connectivity index (χ1v) is 10.9. The number of carbonyl (C=O) groups is 1. The van der Waals surface area contributed by atoms with E-state index in [0.717, 1.165) is 11.1 Å². The minimum absolute atomic E-state index is 0.135. The molecule has 0 fully saturated rings. The quantitative estimate of drug-likeness (QED) is 0.626. The Bertz CT molecular complexity index is 1140. The second kappa shape index (κ2) is 8.59. The van der Waals surface area contributed by atoms with Crippen LogP contribution in [-0.2, 0) is 10.0 Å². The van der Waals surface area contributed by atoms with Crippen molar-refractivity contribution in [1.29, 1.82) is 0 Å². The van der Waals surface area contributed by atoms with E-state index in [0.29, 0.717) is 11.3 Å². The smallest absolute Gasteiger partial charge is 0.264 e. The van der Waals surface area contributed by atoms with Crippen LogP contribution in [-0.4, -0.2) is 26.5 Å². The summed E-state index contributed by atoms with van der Waals surface area (Å²) in [6.45, 7) is 3.72. The molecule has 1 amide bonds. The standard InChI is InChI=1S/C23H24N2O4S/c1-16-7-13-22(14-8-16)30(28,29)25(3)20-11-9-18(10-12-20)23(27)24-17(2)19-5-4-6-21(26)15-19/h4-15,17,26H,1-3H3,(H,24,27)/t17-/m1/s1. The number of anilines is 1. The summed E-state index contributed by atoms with van der Waals surface area (Å²) in [6, 6.07) is 19.4. The monoisotopic (exact) mass is 424 g/mol. The van der Waals surface area contributed by atoms with Crippen molar-refractivity contribution in [3.63, 3.8) is 0 Å². The van der Waals surface area contributed by atoms with Gasteiger partial charge in [0, 0.05) is 12.6 Å². The van der Waals surface area contributed by atoms with E-state index in [-0.39, 0.29) is 22.6 Å². The van der Waals surface area contributed by atoms with Gasteiger partial charge in [-0.3, -0.25) is 9.10 Å². The first-order valence-electron chi connectivity index (χ1n) is 9.44. The van der Waals surface area contributed by atoms with Gasteiger partial charge in [-0.1, -0.05) is 29.8 Å². The van der Waals surface area contributed by atoms with E-state index in [1.807, 2.05) is 19.9 Å². The number of aryl methyl sites for hydroxylation is 1. The number of amides is 1. The number of sulfonamides is 1. The Morgan fingerprint density at radius 3 is 2.23 bits per heavy atom. The molecule has 0 aromatic heterocycles. The van der Waals surface area contributed by atoms with Crippen LogP contribution >= 0.6 is 0 Å². The van der Waals surface area contributed by atoms with E-state index in [1.54, 1.807) is 66.7 Å². The number of nitrogens with zero attached hydrogens (tertiary/aromatic N) is 1. The normalized spacial score (nSPS) is 12.2. The Balaban J connectivity index is 1.73. The number of aromatic hydroxyl groups is 1. The molecule has 7 heteroatoms. The second-order valence-electron chi connectivity index (χ2n) is 7.12. The Kier molecular flexibility index (Phi) is 6.12. The van der Waals surface area contributed by atoms with Crippen LogP contribution in [0, 0.1) is 6.92 Å². The molecule has 6 nitrogen and oxygen atoms in total. The highest BCUT2D eigenvalue weighted by Gasteiger charge is 2.21. The van der Waals surface area contributed by atoms with Gasteiger partial charge >= 0.3 is 0 Å². The van der Waals surface area contributed by atoms with E-state index >= 15 is 0 Å². The van der Waals surface area contributed by atoms with Gasteiger partial charge < -0.3 is 10.4 Å². The Morgan fingerprint density at radius 1 is 1.00 bits per heavy atom. The third-order valence-corrected chi connectivity index (χ3v) is 6.69. The minimum atomic E-state index is -3.69. The molecule has 156 valence electrons. The van der Waals surface area contributed by atoms with Crippen LogP contribution in [0.2, 0.25) is 0 Å². The molecule has 1 atom stereocenters. The van der Waals surface area contributed by atoms with Crippen molar-refractivity contribution in [1.82, 2.24) is 5.32 Å². The zero-order valence-corrected chi connectivity index (χ0v) is 17.8. The predicted molar refractivity (Wildman–Crippen MR) is 117 cm³/mol. The van der Waals surface area contributed by atoms with Crippen LogP contribution in [0.4, 0.5) is 5.69 Å². The number of nitrogens with one attached hydrogen (secondary N) is 1. The summed E-state index contributed by atoms with van der Waals surface area (Å²) in [5, 5.41) is 12.5. The number of hydrogen-bond acceptors (Lipinski definition) is 4. The van der Waals surface area contributed by atoms with Crippen molar-refractivity contribution in [2.45, 2.75) is 24.8 Å². The summed E-state index contributed by atoms with van der Waals surface area (Å²) in [7, 11) is -2.21. The van der Waals surface area contributed by atoms with Crippen molar-refractivity contribution in [2.75, 3.05) is 11.4 Å². The fourth-order valence-electron chi connectivity index (χ4n) is 2.99. The summed E-state index contributed by atoms with van der Waals surface area (Å²) in [6.07, 6.45) is 0. The minimum Gasteiger partial charge on any atom is -0.508 e. The van der Waals surface area contributed by atoms with Gasteiger partial charge in [-0.2, -0.15) is 0 Å². The fraction of sp³-hybridized carbons (Fsp3) is 0.174. The SMILES string of the molecule is Cc1ccc(S(=O)(=O)N(C)c2ccc(C(=O)N[C@H](C)c3cccc(O)c3)cc2)cc1. The summed E-state index contributed by atoms with van der Waals surface area (Å²) in [4.78, 5) is 12.7. The van der Waals surface area contributed by atoms with E-state index in [2.05, 4.69) is 5.32 Å². The van der Waals surface area contributed by atoms with Crippen molar-refractivity contribution < 1.29 is 18.3 Å². The largest absolute Gasteiger partial charge is 0.508 e. The maximum absolute atomic E-state index is 12.8. The first-order chi connectivity index (χ1) is 14.2. The molecule has 3 aromatic carbocycles. The van der Waals surface area contributed by atoms with Crippen molar-refractivity contribution >= 4 is 21.6 Å². The molecule has 3 aromatic rings. The fourth-order valence-corrected chi connectivity index (χ4v) is 4.18. The van der Waals surface area contributed by atoms with Crippen LogP contribution in [0.1, 0.15) is 34.5 Å². The molecule has 0 saturated heterocycles. The molecule has 3 rings (SSSR count). The van der Waals surface area contributed by atoms with E-state index in [1.165, 1.54) is 11.4 Å². The van der Waals surface area contributed by atoms with Crippen LogP contribution in [0.15, 0.2) is 77.7 Å². The lowest BCUT2D eigenvalue weighted by Gasteiger charge is -2.20. The lowest BCUT2D eigenvalue weighted by atomic mass is 10.1. The number of hydrogen-bond donors (Lipinski definition) is 2. The molecular weight excluding hydrogens is 400 g/mol. The Hall–Kier alpha value is -3.32. The highest BCUT2D eigenvalue weighted by molar-refractivity contribution is 7.92. The number of phenols is 1. The maximum Gasteiger partial charge on any atom is 0.264 e. The average Bonchev–Trinajstić information content (AvgIpc) is 2.73. The first kappa shape index (κ1) is 21.4. The Morgan fingerprint density at radius 2 is 1.63 bits per heavy atom. The van der Waals surface area contributed by atoms with Gasteiger partial charge in [0.2, 0.25) is 0 Å². The molecule has 0 aliphatic heterocycles. The molecule has 2 N–H and O–H groups in total. The van der Waals surface area contributed by atoms with E-state index in [4.69, 9.17) is 0 Å². The molecule has 0 bridgehead atoms. The molecule has 0 aliphatic carbocycles. The van der Waals surface area contributed by atoms with Gasteiger partial charge in [-0.15, -0.1) is 0 Å². The van der Waals surface area contributed by atoms with Gasteiger partial charge in [0.1, 0.15) is 5.75 Å². The summed E-state index contributed by atoms with van der Waals surface area (Å²) >= 11 is 0. The third kappa shape index (κ3) is 4.63. The van der Waals surface area contributed by atoms with Crippen molar-refractivity contribution in [3.05, 3.63) is 89.5 Å². The highest BCUT2D eigenvalue weighted by atomic mass is 32.2. The second-order valence-corrected chi connectivity index (χ2v) is 9.09. The van der Waals surface area contributed by atoms with Crippen LogP contribution < -0.4 is 9.62 Å². The topological polar surface area (TPSA) is 86.7 Å². The highest BCUT2D eigenvalue weighted by Crippen LogP contribution is 2.23. The van der Waals surface area contributed by atoms with Crippen LogP contribution in [0.25, 0.3) is 0 Å². The van der Waals surface area contributed by atoms with Crippen molar-refractivity contribution in [2.24, 2.45) is 0 Å². The predicted octanol–water partition coefficient (Wildman–Crippen LogP) is 4.02. The summed E-state index contributed by atoms with van der Waals surface area (Å²) < 4.78 is 26.8. The van der Waals surface area contributed by atoms with Crippen LogP contribution in [0.3, 0.4) is 0 Å². The van der Waals surface area contributed by atoms with Gasteiger partial charge in [0.15, 0.2) is 0 Å². The molecule has 0 saturated carbocycles. The summed E-state index contributed by atoms with van der Waals surface area (Å²) in [5.41, 5.74) is 2.62. The molecule has 30 heavy (non-hydrogen) atoms. The number of benzene rings is 3. The third-order valence-electron chi connectivity index (χ3n) is 4.89. The lowest BCUT2D eigenvalue weighted by molar-refractivity contribution is 0.0940. The van der Waals surface area contributed by atoms with Crippen LogP contribution in [0.5, 0.6) is 5.75 Å². The zero-order valence-electron chi connectivity index (χ0n) is 17.0. The van der Waals surface area contributed by atoms with Gasteiger partial charge in [0.25, 0.3) is 15.9 Å². The van der Waals surface area contributed by atoms with Gasteiger partial charge in [0.05, 0.1) is 16.6 Å². The zero-order chi connectivity index (χ0) is 21.9. The molecular formula is C23H24N2O4S. The number of phenolic OH excluding ortho intramolecular Hbond substituents is 1. The van der Waals surface area contributed by atoms with E-state index in [9.17, 15) is 18.3 Å². The van der Waals surface area contributed by atoms with Crippen molar-refractivity contribution in [3.8, 4) is 5.75 Å². The molecule has 0 radical (unpaired) electrons. The number of rotatable bonds is 6. The van der Waals surface area contributed by atoms with Gasteiger partial charge in [-0.25, -0.2) is 8.42 Å². The van der Waals surface area contributed by atoms with E-state index < -0.39 is 10.0 Å². The summed E-state index contributed by atoms with van der Waals surface area (Å²) in [5.74, 6) is -0.155. The maximum atomic E-state index is 12.8.